The molecule has 0 spiro atoms. The number of hydrogen-bond acceptors (Lipinski definition) is 5. The number of aryl methyl sites for hydroxylation is 1. The van der Waals surface area contributed by atoms with E-state index in [0.717, 1.165) is 5.52 Å². The maximum atomic E-state index is 13.6. The third-order valence-corrected chi connectivity index (χ3v) is 8.17. The highest BCUT2D eigenvalue weighted by Crippen LogP contribution is 2.22. The van der Waals surface area contributed by atoms with Crippen LogP contribution < -0.4 is 4.80 Å². The zero-order chi connectivity index (χ0) is 23.0. The molecule has 1 saturated heterocycles. The number of halogens is 1. The van der Waals surface area contributed by atoms with Crippen LogP contribution in [0.3, 0.4) is 0 Å². The average molecular weight is 478 g/mol. The highest BCUT2D eigenvalue weighted by atomic mass is 32.2. The Labute approximate surface area is 189 Å². The number of amides is 1. The van der Waals surface area contributed by atoms with Crippen molar-refractivity contribution in [1.82, 2.24) is 8.87 Å². The van der Waals surface area contributed by atoms with Gasteiger partial charge in [0.2, 0.25) is 10.0 Å². The van der Waals surface area contributed by atoms with Gasteiger partial charge in [-0.05, 0) is 63.2 Å². The monoisotopic (exact) mass is 477 g/mol. The molecule has 32 heavy (non-hydrogen) atoms. The fraction of sp³-hybridized carbons (Fsp3) is 0.364. The Bertz CT molecular complexity index is 1320. The first-order valence-corrected chi connectivity index (χ1v) is 12.6. The molecule has 2 heterocycles. The number of fused-ring (bicyclic) bond motifs is 1. The maximum Gasteiger partial charge on any atom is 0.279 e. The van der Waals surface area contributed by atoms with Gasteiger partial charge in [0.1, 0.15) is 5.82 Å². The number of rotatable bonds is 4. The smallest absolute Gasteiger partial charge is 0.279 e. The molecule has 3 aromatic rings. The largest absolute Gasteiger partial charge is 0.373 e. The van der Waals surface area contributed by atoms with Crippen molar-refractivity contribution in [3.8, 4) is 0 Å². The summed E-state index contributed by atoms with van der Waals surface area (Å²) in [6.07, 6.45) is -0.374. The van der Waals surface area contributed by atoms with E-state index in [1.54, 1.807) is 6.07 Å². The molecule has 2 atom stereocenters. The lowest BCUT2D eigenvalue weighted by molar-refractivity contribution is -0.0440. The van der Waals surface area contributed by atoms with Crippen LogP contribution in [0.1, 0.15) is 31.1 Å². The number of benzene rings is 2. The van der Waals surface area contributed by atoms with Gasteiger partial charge >= 0.3 is 0 Å². The maximum absolute atomic E-state index is 13.6. The molecule has 0 saturated carbocycles. The fourth-order valence-corrected chi connectivity index (χ4v) is 6.54. The van der Waals surface area contributed by atoms with Crippen molar-refractivity contribution < 1.29 is 22.3 Å². The Morgan fingerprint density at radius 3 is 2.44 bits per heavy atom. The standard InChI is InChI=1S/C22H24FN3O4S2/c1-4-26-19-10-7-17(23)11-20(19)31-22(26)24-21(27)16-5-8-18(9-6-16)32(28,29)25-12-14(2)30-15(3)13-25/h5-11,14-15H,4,12-13H2,1-3H3/t14-,15-/m1/s1. The summed E-state index contributed by atoms with van der Waals surface area (Å²) in [4.78, 5) is 17.5. The molecule has 1 aliphatic heterocycles. The second kappa shape index (κ2) is 8.86. The molecule has 2 aromatic carbocycles. The lowest BCUT2D eigenvalue weighted by atomic mass is 10.2. The minimum absolute atomic E-state index is 0.122. The van der Waals surface area contributed by atoms with E-state index in [2.05, 4.69) is 4.99 Å². The minimum Gasteiger partial charge on any atom is -0.373 e. The summed E-state index contributed by atoms with van der Waals surface area (Å²) in [5, 5.41) is 0. The van der Waals surface area contributed by atoms with Crippen molar-refractivity contribution in [3.05, 3.63) is 58.6 Å². The predicted octanol–water partition coefficient (Wildman–Crippen LogP) is 3.40. The van der Waals surface area contributed by atoms with Crippen LogP contribution in [0, 0.1) is 5.82 Å². The van der Waals surface area contributed by atoms with Crippen molar-refractivity contribution in [1.29, 1.82) is 0 Å². The summed E-state index contributed by atoms with van der Waals surface area (Å²) in [6.45, 7) is 6.74. The van der Waals surface area contributed by atoms with Crippen molar-refractivity contribution in [3.63, 3.8) is 0 Å². The summed E-state index contributed by atoms with van der Waals surface area (Å²) < 4.78 is 49.1. The molecule has 0 bridgehead atoms. The van der Waals surface area contributed by atoms with Crippen LogP contribution in [0.4, 0.5) is 4.39 Å². The van der Waals surface area contributed by atoms with E-state index in [-0.39, 0.29) is 41.6 Å². The zero-order valence-corrected chi connectivity index (χ0v) is 19.6. The van der Waals surface area contributed by atoms with Gasteiger partial charge in [0.15, 0.2) is 4.80 Å². The van der Waals surface area contributed by atoms with Crippen LogP contribution in [0.2, 0.25) is 0 Å². The summed E-state index contributed by atoms with van der Waals surface area (Å²) in [6, 6.07) is 10.3. The topological polar surface area (TPSA) is 81.0 Å². The van der Waals surface area contributed by atoms with Gasteiger partial charge in [0.05, 0.1) is 27.3 Å². The van der Waals surface area contributed by atoms with Gasteiger partial charge in [-0.3, -0.25) is 4.79 Å². The van der Waals surface area contributed by atoms with Gasteiger partial charge < -0.3 is 9.30 Å². The number of thiazole rings is 1. The summed E-state index contributed by atoms with van der Waals surface area (Å²) in [5.41, 5.74) is 1.08. The number of nitrogens with zero attached hydrogens (tertiary/aromatic N) is 3. The first kappa shape index (κ1) is 22.8. The molecule has 1 aromatic heterocycles. The number of carbonyl (C=O) groups excluding carboxylic acids is 1. The fourth-order valence-electron chi connectivity index (χ4n) is 3.83. The molecule has 4 rings (SSSR count). The minimum atomic E-state index is -3.69. The SMILES string of the molecule is CCn1c(=NC(=O)c2ccc(S(=O)(=O)N3C[C@@H](C)O[C@H](C)C3)cc2)sc2cc(F)ccc21. The van der Waals surface area contributed by atoms with E-state index in [9.17, 15) is 17.6 Å². The first-order chi connectivity index (χ1) is 15.2. The van der Waals surface area contributed by atoms with Gasteiger partial charge in [0, 0.05) is 25.2 Å². The van der Waals surface area contributed by atoms with E-state index in [4.69, 9.17) is 4.74 Å². The van der Waals surface area contributed by atoms with Crippen LogP contribution in [-0.2, 0) is 21.3 Å². The third kappa shape index (κ3) is 4.40. The molecule has 10 heteroatoms. The number of hydrogen-bond donors (Lipinski definition) is 0. The quantitative estimate of drug-likeness (QED) is 0.577. The van der Waals surface area contributed by atoms with Crippen molar-refractivity contribution in [2.24, 2.45) is 4.99 Å². The van der Waals surface area contributed by atoms with Crippen LogP contribution in [-0.4, -0.2) is 48.5 Å². The molecule has 1 amide bonds. The predicted molar refractivity (Wildman–Crippen MR) is 121 cm³/mol. The molecule has 0 unspecified atom stereocenters. The number of carbonyl (C=O) groups is 1. The molecule has 170 valence electrons. The van der Waals surface area contributed by atoms with Crippen molar-refractivity contribution >= 4 is 37.5 Å². The van der Waals surface area contributed by atoms with E-state index >= 15 is 0 Å². The molecular weight excluding hydrogens is 453 g/mol. The zero-order valence-electron chi connectivity index (χ0n) is 18.0. The lowest BCUT2D eigenvalue weighted by Gasteiger charge is -2.34. The molecule has 0 aliphatic carbocycles. The van der Waals surface area contributed by atoms with E-state index in [0.29, 0.717) is 16.0 Å². The Morgan fingerprint density at radius 1 is 1.16 bits per heavy atom. The van der Waals surface area contributed by atoms with Gasteiger partial charge in [-0.2, -0.15) is 9.30 Å². The Hall–Kier alpha value is -2.40. The van der Waals surface area contributed by atoms with Gasteiger partial charge in [-0.25, -0.2) is 12.8 Å². The average Bonchev–Trinajstić information content (AvgIpc) is 3.08. The molecule has 0 radical (unpaired) electrons. The second-order valence-corrected chi connectivity index (χ2v) is 10.7. The normalized spacial score (nSPS) is 20.7. The summed E-state index contributed by atoms with van der Waals surface area (Å²) in [7, 11) is -3.69. The number of aromatic nitrogens is 1. The third-order valence-electron chi connectivity index (χ3n) is 5.28. The second-order valence-electron chi connectivity index (χ2n) is 7.76. The highest BCUT2D eigenvalue weighted by Gasteiger charge is 2.32. The number of ether oxygens (including phenoxy) is 1. The summed E-state index contributed by atoms with van der Waals surface area (Å²) in [5.74, 6) is -0.836. The van der Waals surface area contributed by atoms with Crippen molar-refractivity contribution in [2.45, 2.75) is 44.4 Å². The Balaban J connectivity index is 1.62. The van der Waals surface area contributed by atoms with Gasteiger partial charge in [-0.15, -0.1) is 0 Å². The molecular formula is C22H24FN3O4S2. The van der Waals surface area contributed by atoms with E-state index in [1.807, 2.05) is 25.3 Å². The van der Waals surface area contributed by atoms with Gasteiger partial charge in [-0.1, -0.05) is 11.3 Å². The molecule has 1 fully saturated rings. The van der Waals surface area contributed by atoms with Crippen LogP contribution in [0.5, 0.6) is 0 Å². The number of sulfonamides is 1. The summed E-state index contributed by atoms with van der Waals surface area (Å²) >= 11 is 1.23. The van der Waals surface area contributed by atoms with Crippen molar-refractivity contribution in [2.75, 3.05) is 13.1 Å². The van der Waals surface area contributed by atoms with E-state index < -0.39 is 15.9 Å². The number of morpholine rings is 1. The Kier molecular flexibility index (Phi) is 6.30. The van der Waals surface area contributed by atoms with Crippen LogP contribution >= 0.6 is 11.3 Å². The highest BCUT2D eigenvalue weighted by molar-refractivity contribution is 7.89. The molecule has 0 N–H and O–H groups in total. The van der Waals surface area contributed by atoms with Crippen LogP contribution in [0.15, 0.2) is 52.4 Å². The van der Waals surface area contributed by atoms with Crippen LogP contribution in [0.25, 0.3) is 10.2 Å². The molecule has 7 nitrogen and oxygen atoms in total. The van der Waals surface area contributed by atoms with E-state index in [1.165, 1.54) is 52.0 Å². The molecule has 1 aliphatic rings. The Morgan fingerprint density at radius 2 is 1.81 bits per heavy atom. The lowest BCUT2D eigenvalue weighted by Crippen LogP contribution is -2.48. The van der Waals surface area contributed by atoms with Gasteiger partial charge in [0.25, 0.3) is 5.91 Å². The first-order valence-electron chi connectivity index (χ1n) is 10.3.